The summed E-state index contributed by atoms with van der Waals surface area (Å²) in [5.41, 5.74) is 1.62. The number of carbonyl (C=O) groups excluding carboxylic acids is 2. The van der Waals surface area contributed by atoms with Crippen LogP contribution in [0.2, 0.25) is 0 Å². The summed E-state index contributed by atoms with van der Waals surface area (Å²) in [6.45, 7) is 4.30. The van der Waals surface area contributed by atoms with Crippen molar-refractivity contribution in [2.45, 2.75) is 45.0 Å². The summed E-state index contributed by atoms with van der Waals surface area (Å²) >= 11 is 1.67. The topological polar surface area (TPSA) is 49.4 Å². The van der Waals surface area contributed by atoms with E-state index in [9.17, 15) is 14.0 Å². The molecule has 0 aromatic heterocycles. The van der Waals surface area contributed by atoms with Crippen LogP contribution < -0.4 is 5.32 Å². The molecule has 2 aromatic carbocycles. The van der Waals surface area contributed by atoms with Crippen LogP contribution in [0.25, 0.3) is 0 Å². The number of thioether (sulfide) groups is 1. The zero-order valence-electron chi connectivity index (χ0n) is 17.1. The molecule has 1 atom stereocenters. The molecule has 0 fully saturated rings. The van der Waals surface area contributed by atoms with Gasteiger partial charge in [0.15, 0.2) is 0 Å². The maximum absolute atomic E-state index is 14.1. The van der Waals surface area contributed by atoms with Gasteiger partial charge in [-0.3, -0.25) is 9.59 Å². The van der Waals surface area contributed by atoms with E-state index in [1.807, 2.05) is 25.1 Å². The number of amides is 2. The molecule has 0 aliphatic rings. The lowest BCUT2D eigenvalue weighted by atomic mass is 10.1. The average Bonchev–Trinajstić information content (AvgIpc) is 2.74. The standard InChI is InChI=1S/C23H29FN2O2S/c1-3-14-25-23(28)18(2)26(16-20-11-7-8-12-21(20)24)22(27)13-15-29-17-19-9-5-4-6-10-19/h4-12,18H,3,13-17H2,1-2H3,(H,25,28)/t18-/m0/s1. The quantitative estimate of drug-likeness (QED) is 0.553. The molecule has 0 saturated carbocycles. The molecule has 0 heterocycles. The minimum absolute atomic E-state index is 0.0789. The van der Waals surface area contributed by atoms with Gasteiger partial charge in [-0.05, 0) is 25.0 Å². The van der Waals surface area contributed by atoms with Crippen molar-refractivity contribution in [3.63, 3.8) is 0 Å². The van der Waals surface area contributed by atoms with Crippen LogP contribution in [-0.4, -0.2) is 35.1 Å². The average molecular weight is 417 g/mol. The summed E-state index contributed by atoms with van der Waals surface area (Å²) in [5, 5.41) is 2.82. The molecule has 2 amide bonds. The van der Waals surface area contributed by atoms with E-state index in [1.165, 1.54) is 16.5 Å². The van der Waals surface area contributed by atoms with Crippen molar-refractivity contribution in [3.8, 4) is 0 Å². The van der Waals surface area contributed by atoms with Crippen LogP contribution in [0, 0.1) is 5.82 Å². The smallest absolute Gasteiger partial charge is 0.242 e. The first-order valence-corrected chi connectivity index (χ1v) is 11.1. The Morgan fingerprint density at radius 1 is 1.10 bits per heavy atom. The first-order chi connectivity index (χ1) is 14.0. The van der Waals surface area contributed by atoms with Gasteiger partial charge < -0.3 is 10.2 Å². The normalized spacial score (nSPS) is 11.7. The van der Waals surface area contributed by atoms with Gasteiger partial charge in [0.1, 0.15) is 11.9 Å². The van der Waals surface area contributed by atoms with Gasteiger partial charge in [0.25, 0.3) is 0 Å². The lowest BCUT2D eigenvalue weighted by Gasteiger charge is -2.29. The summed E-state index contributed by atoms with van der Waals surface area (Å²) in [6, 6.07) is 15.8. The Hall–Kier alpha value is -2.34. The molecule has 4 nitrogen and oxygen atoms in total. The van der Waals surface area contributed by atoms with Crippen LogP contribution in [0.1, 0.15) is 37.8 Å². The maximum atomic E-state index is 14.1. The Balaban J connectivity index is 1.99. The molecule has 29 heavy (non-hydrogen) atoms. The molecule has 0 spiro atoms. The van der Waals surface area contributed by atoms with Gasteiger partial charge in [-0.25, -0.2) is 4.39 Å². The third-order valence-electron chi connectivity index (χ3n) is 4.59. The summed E-state index contributed by atoms with van der Waals surface area (Å²) in [6.07, 6.45) is 1.12. The van der Waals surface area contributed by atoms with E-state index in [4.69, 9.17) is 0 Å². The second kappa shape index (κ2) is 12.3. The molecule has 2 aromatic rings. The van der Waals surface area contributed by atoms with Gasteiger partial charge >= 0.3 is 0 Å². The van der Waals surface area contributed by atoms with E-state index in [0.717, 1.165) is 12.2 Å². The van der Waals surface area contributed by atoms with Crippen molar-refractivity contribution in [3.05, 3.63) is 71.5 Å². The molecule has 0 bridgehead atoms. The number of hydrogen-bond acceptors (Lipinski definition) is 3. The molecular formula is C23H29FN2O2S. The monoisotopic (exact) mass is 416 g/mol. The predicted molar refractivity (Wildman–Crippen MR) is 117 cm³/mol. The molecule has 0 radical (unpaired) electrons. The number of hydrogen-bond donors (Lipinski definition) is 1. The van der Waals surface area contributed by atoms with Crippen molar-refractivity contribution in [2.24, 2.45) is 0 Å². The summed E-state index contributed by atoms with van der Waals surface area (Å²) < 4.78 is 14.1. The van der Waals surface area contributed by atoms with E-state index < -0.39 is 6.04 Å². The highest BCUT2D eigenvalue weighted by Crippen LogP contribution is 2.17. The van der Waals surface area contributed by atoms with Crippen LogP contribution in [-0.2, 0) is 21.9 Å². The van der Waals surface area contributed by atoms with Crippen LogP contribution >= 0.6 is 11.8 Å². The minimum atomic E-state index is -0.659. The van der Waals surface area contributed by atoms with Gasteiger partial charge in [0.05, 0.1) is 0 Å². The fourth-order valence-electron chi connectivity index (χ4n) is 2.86. The van der Waals surface area contributed by atoms with E-state index in [0.29, 0.717) is 24.3 Å². The Kier molecular flexibility index (Phi) is 9.71. The molecule has 6 heteroatoms. The predicted octanol–water partition coefficient (Wildman–Crippen LogP) is 4.39. The molecule has 2 rings (SSSR count). The molecule has 0 saturated heterocycles. The molecule has 0 aliphatic carbocycles. The van der Waals surface area contributed by atoms with Crippen molar-refractivity contribution in [2.75, 3.05) is 12.3 Å². The second-order valence-electron chi connectivity index (χ2n) is 6.87. The van der Waals surface area contributed by atoms with E-state index in [-0.39, 0.29) is 24.2 Å². The third kappa shape index (κ3) is 7.54. The van der Waals surface area contributed by atoms with Crippen LogP contribution in [0.15, 0.2) is 54.6 Å². The van der Waals surface area contributed by atoms with E-state index in [2.05, 4.69) is 17.4 Å². The number of nitrogens with one attached hydrogen (secondary N) is 1. The number of carbonyl (C=O) groups is 2. The van der Waals surface area contributed by atoms with E-state index >= 15 is 0 Å². The highest BCUT2D eigenvalue weighted by atomic mass is 32.2. The largest absolute Gasteiger partial charge is 0.354 e. The lowest BCUT2D eigenvalue weighted by Crippen LogP contribution is -2.48. The SMILES string of the molecule is CCCNC(=O)[C@H](C)N(Cc1ccccc1F)C(=O)CCSCc1ccccc1. The Labute approximate surface area is 176 Å². The Bertz CT molecular complexity index is 785. The molecule has 1 N–H and O–H groups in total. The fraction of sp³-hybridized carbons (Fsp3) is 0.391. The van der Waals surface area contributed by atoms with Crippen molar-refractivity contribution in [1.82, 2.24) is 10.2 Å². The fourth-order valence-corrected chi connectivity index (χ4v) is 3.75. The van der Waals surface area contributed by atoms with Crippen LogP contribution in [0.5, 0.6) is 0 Å². The number of nitrogens with zero attached hydrogens (tertiary/aromatic N) is 1. The molecule has 0 aliphatic heterocycles. The molecule has 156 valence electrons. The van der Waals surface area contributed by atoms with Crippen molar-refractivity contribution < 1.29 is 14.0 Å². The zero-order chi connectivity index (χ0) is 21.1. The molecular weight excluding hydrogens is 387 g/mol. The number of rotatable bonds is 11. The number of halogens is 1. The van der Waals surface area contributed by atoms with Crippen LogP contribution in [0.3, 0.4) is 0 Å². The highest BCUT2D eigenvalue weighted by molar-refractivity contribution is 7.98. The first-order valence-electron chi connectivity index (χ1n) is 9.95. The Morgan fingerprint density at radius 2 is 1.79 bits per heavy atom. The minimum Gasteiger partial charge on any atom is -0.354 e. The summed E-state index contributed by atoms with van der Waals surface area (Å²) in [7, 11) is 0. The summed E-state index contributed by atoms with van der Waals surface area (Å²) in [5.74, 6) is 0.741. The molecule has 0 unspecified atom stereocenters. The number of benzene rings is 2. The first kappa shape index (κ1) is 22.9. The van der Waals surface area contributed by atoms with Gasteiger partial charge in [-0.15, -0.1) is 0 Å². The summed E-state index contributed by atoms with van der Waals surface area (Å²) in [4.78, 5) is 26.8. The van der Waals surface area contributed by atoms with Gasteiger partial charge in [-0.1, -0.05) is 55.5 Å². The lowest BCUT2D eigenvalue weighted by molar-refractivity contribution is -0.140. The van der Waals surface area contributed by atoms with Gasteiger partial charge in [0.2, 0.25) is 11.8 Å². The van der Waals surface area contributed by atoms with Crippen molar-refractivity contribution >= 4 is 23.6 Å². The van der Waals surface area contributed by atoms with Gasteiger partial charge in [-0.2, -0.15) is 11.8 Å². The van der Waals surface area contributed by atoms with E-state index in [1.54, 1.807) is 36.9 Å². The van der Waals surface area contributed by atoms with Gasteiger partial charge in [0, 0.05) is 36.6 Å². The third-order valence-corrected chi connectivity index (χ3v) is 5.62. The zero-order valence-corrected chi connectivity index (χ0v) is 17.9. The highest BCUT2D eigenvalue weighted by Gasteiger charge is 2.26. The second-order valence-corrected chi connectivity index (χ2v) is 7.97. The maximum Gasteiger partial charge on any atom is 0.242 e. The Morgan fingerprint density at radius 3 is 2.48 bits per heavy atom. The van der Waals surface area contributed by atoms with Crippen LogP contribution in [0.4, 0.5) is 4.39 Å². The van der Waals surface area contributed by atoms with Crippen molar-refractivity contribution in [1.29, 1.82) is 0 Å².